The zero-order valence-electron chi connectivity index (χ0n) is 13.5. The van der Waals surface area contributed by atoms with Crippen molar-refractivity contribution in [3.05, 3.63) is 46.9 Å². The maximum Gasteiger partial charge on any atom is 0.261 e. The lowest BCUT2D eigenvalue weighted by atomic mass is 10.2. The third-order valence-electron chi connectivity index (χ3n) is 4.14. The molecule has 128 valence electrons. The normalized spacial score (nSPS) is 14.6. The van der Waals surface area contributed by atoms with Crippen molar-refractivity contribution in [2.45, 2.75) is 0 Å². The molecule has 0 aliphatic carbocycles. The number of hydrogen-bond acceptors (Lipinski definition) is 7. The monoisotopic (exact) mass is 338 g/mol. The highest BCUT2D eigenvalue weighted by Gasteiger charge is 2.12. The summed E-state index contributed by atoms with van der Waals surface area (Å²) in [5.74, 6) is 0.508. The average molecular weight is 338 g/mol. The Kier molecular flexibility index (Phi) is 3.95. The van der Waals surface area contributed by atoms with Crippen LogP contribution in [-0.4, -0.2) is 41.3 Å². The Morgan fingerprint density at radius 1 is 1.12 bits per heavy atom. The van der Waals surface area contributed by atoms with Gasteiger partial charge < -0.3 is 25.7 Å². The maximum absolute atomic E-state index is 12.1. The van der Waals surface area contributed by atoms with E-state index in [0.717, 1.165) is 37.7 Å². The van der Waals surface area contributed by atoms with E-state index in [1.165, 1.54) is 6.20 Å². The highest BCUT2D eigenvalue weighted by atomic mass is 16.5. The predicted octanol–water partition coefficient (Wildman–Crippen LogP) is 1.48. The molecule has 8 heteroatoms. The SMILES string of the molecule is Nc1nc(Nc2ccc(N3CCOCC3)cc2)c2c(=O)[nH]ccc2n1. The molecule has 4 rings (SSSR count). The molecule has 1 fully saturated rings. The molecule has 0 atom stereocenters. The van der Waals surface area contributed by atoms with Crippen molar-refractivity contribution in [1.29, 1.82) is 0 Å². The van der Waals surface area contributed by atoms with E-state index in [4.69, 9.17) is 10.5 Å². The van der Waals surface area contributed by atoms with Crippen LogP contribution in [0.25, 0.3) is 10.9 Å². The van der Waals surface area contributed by atoms with Crippen LogP contribution in [0.15, 0.2) is 41.3 Å². The Morgan fingerprint density at radius 3 is 2.64 bits per heavy atom. The number of nitrogens with zero attached hydrogens (tertiary/aromatic N) is 3. The topological polar surface area (TPSA) is 109 Å². The molecule has 2 aromatic heterocycles. The molecular weight excluding hydrogens is 320 g/mol. The van der Waals surface area contributed by atoms with Crippen LogP contribution in [0.4, 0.5) is 23.1 Å². The minimum Gasteiger partial charge on any atom is -0.378 e. The number of anilines is 4. The lowest BCUT2D eigenvalue weighted by molar-refractivity contribution is 0.122. The summed E-state index contributed by atoms with van der Waals surface area (Å²) >= 11 is 0. The molecule has 0 spiro atoms. The van der Waals surface area contributed by atoms with Crippen LogP contribution in [0.2, 0.25) is 0 Å². The molecule has 3 aromatic rings. The molecular formula is C17H18N6O2. The molecule has 8 nitrogen and oxygen atoms in total. The van der Waals surface area contributed by atoms with Crippen LogP contribution in [0.5, 0.6) is 0 Å². The van der Waals surface area contributed by atoms with Crippen LogP contribution in [0.1, 0.15) is 0 Å². The lowest BCUT2D eigenvalue weighted by Crippen LogP contribution is -2.36. The number of hydrogen-bond donors (Lipinski definition) is 3. The standard InChI is InChI=1S/C17H18N6O2/c18-17-21-13-5-6-19-16(24)14(13)15(22-17)20-11-1-3-12(4-2-11)23-7-9-25-10-8-23/h1-6H,7-10H2,(H,19,24)(H3,18,20,21,22). The number of nitrogens with two attached hydrogens (primary N) is 1. The summed E-state index contributed by atoms with van der Waals surface area (Å²) < 4.78 is 5.37. The minimum absolute atomic E-state index is 0.116. The van der Waals surface area contributed by atoms with Gasteiger partial charge in [0.05, 0.1) is 18.7 Å². The number of benzene rings is 1. The molecule has 0 saturated carbocycles. The van der Waals surface area contributed by atoms with Gasteiger partial charge in [0.2, 0.25) is 5.95 Å². The largest absolute Gasteiger partial charge is 0.378 e. The molecule has 25 heavy (non-hydrogen) atoms. The van der Waals surface area contributed by atoms with Crippen LogP contribution in [-0.2, 0) is 4.74 Å². The minimum atomic E-state index is -0.259. The van der Waals surface area contributed by atoms with E-state index in [-0.39, 0.29) is 11.5 Å². The molecule has 1 aliphatic rings. The predicted molar refractivity (Wildman–Crippen MR) is 97.3 cm³/mol. The molecule has 0 amide bonds. The van der Waals surface area contributed by atoms with Gasteiger partial charge in [0.25, 0.3) is 5.56 Å². The number of morpholine rings is 1. The van der Waals surface area contributed by atoms with Crippen LogP contribution in [0, 0.1) is 0 Å². The summed E-state index contributed by atoms with van der Waals surface area (Å²) in [5.41, 5.74) is 7.96. The fourth-order valence-electron chi connectivity index (χ4n) is 2.91. The van der Waals surface area contributed by atoms with Crippen molar-refractivity contribution in [2.24, 2.45) is 0 Å². The van der Waals surface area contributed by atoms with Gasteiger partial charge in [0, 0.05) is 30.7 Å². The fourth-order valence-corrected chi connectivity index (χ4v) is 2.91. The first kappa shape index (κ1) is 15.4. The van der Waals surface area contributed by atoms with Crippen molar-refractivity contribution in [3.8, 4) is 0 Å². The number of aromatic amines is 1. The zero-order valence-corrected chi connectivity index (χ0v) is 13.5. The second-order valence-electron chi connectivity index (χ2n) is 5.77. The van der Waals surface area contributed by atoms with E-state index in [1.807, 2.05) is 24.3 Å². The molecule has 0 radical (unpaired) electrons. The number of pyridine rings is 1. The van der Waals surface area contributed by atoms with Gasteiger partial charge in [-0.1, -0.05) is 0 Å². The summed E-state index contributed by atoms with van der Waals surface area (Å²) in [4.78, 5) is 25.3. The highest BCUT2D eigenvalue weighted by molar-refractivity contribution is 5.90. The van der Waals surface area contributed by atoms with E-state index >= 15 is 0 Å². The van der Waals surface area contributed by atoms with Gasteiger partial charge in [-0.2, -0.15) is 4.98 Å². The summed E-state index contributed by atoms with van der Waals surface area (Å²) in [6.07, 6.45) is 1.54. The number of nitrogens with one attached hydrogen (secondary N) is 2. The second-order valence-corrected chi connectivity index (χ2v) is 5.77. The van der Waals surface area contributed by atoms with Gasteiger partial charge in [0.1, 0.15) is 11.2 Å². The molecule has 1 aromatic carbocycles. The first-order valence-electron chi connectivity index (χ1n) is 8.05. The van der Waals surface area contributed by atoms with Crippen molar-refractivity contribution in [3.63, 3.8) is 0 Å². The molecule has 3 heterocycles. The Bertz CT molecular complexity index is 948. The molecule has 0 unspecified atom stereocenters. The van der Waals surface area contributed by atoms with Crippen molar-refractivity contribution in [1.82, 2.24) is 15.0 Å². The first-order valence-corrected chi connectivity index (χ1v) is 8.05. The molecule has 1 saturated heterocycles. The van der Waals surface area contributed by atoms with Crippen molar-refractivity contribution < 1.29 is 4.74 Å². The van der Waals surface area contributed by atoms with Gasteiger partial charge in [-0.15, -0.1) is 0 Å². The van der Waals surface area contributed by atoms with Crippen LogP contribution >= 0.6 is 0 Å². The second kappa shape index (κ2) is 6.40. The van der Waals surface area contributed by atoms with E-state index in [2.05, 4.69) is 25.2 Å². The number of rotatable bonds is 3. The van der Waals surface area contributed by atoms with Crippen molar-refractivity contribution >= 4 is 34.0 Å². The molecule has 1 aliphatic heterocycles. The third kappa shape index (κ3) is 3.11. The van der Waals surface area contributed by atoms with Gasteiger partial charge >= 0.3 is 0 Å². The van der Waals surface area contributed by atoms with Crippen molar-refractivity contribution in [2.75, 3.05) is 42.3 Å². The van der Waals surface area contributed by atoms with Gasteiger partial charge in [-0.25, -0.2) is 4.98 Å². The summed E-state index contributed by atoms with van der Waals surface area (Å²) in [5, 5.41) is 3.55. The number of aromatic nitrogens is 3. The molecule has 4 N–H and O–H groups in total. The summed E-state index contributed by atoms with van der Waals surface area (Å²) in [6, 6.07) is 9.66. The number of H-pyrrole nitrogens is 1. The van der Waals surface area contributed by atoms with Crippen LogP contribution < -0.4 is 21.5 Å². The number of nitrogen functional groups attached to an aromatic ring is 1. The Labute approximate surface area is 143 Å². The Morgan fingerprint density at radius 2 is 1.88 bits per heavy atom. The van der Waals surface area contributed by atoms with Gasteiger partial charge in [-0.3, -0.25) is 4.79 Å². The van der Waals surface area contributed by atoms with E-state index in [1.54, 1.807) is 6.07 Å². The van der Waals surface area contributed by atoms with Gasteiger partial charge in [0.15, 0.2) is 0 Å². The summed E-state index contributed by atoms with van der Waals surface area (Å²) in [6.45, 7) is 3.26. The lowest BCUT2D eigenvalue weighted by Gasteiger charge is -2.28. The van der Waals surface area contributed by atoms with E-state index in [0.29, 0.717) is 16.7 Å². The van der Waals surface area contributed by atoms with Crippen LogP contribution in [0.3, 0.4) is 0 Å². The van der Waals surface area contributed by atoms with Gasteiger partial charge in [-0.05, 0) is 30.3 Å². The van der Waals surface area contributed by atoms with E-state index in [9.17, 15) is 4.79 Å². The number of fused-ring (bicyclic) bond motifs is 1. The number of ether oxygens (including phenoxy) is 1. The molecule has 0 bridgehead atoms. The fraction of sp³-hybridized carbons (Fsp3) is 0.235. The third-order valence-corrected chi connectivity index (χ3v) is 4.14. The average Bonchev–Trinajstić information content (AvgIpc) is 2.63. The highest BCUT2D eigenvalue weighted by Crippen LogP contribution is 2.24. The zero-order chi connectivity index (χ0) is 17.2. The van der Waals surface area contributed by atoms with E-state index < -0.39 is 0 Å². The summed E-state index contributed by atoms with van der Waals surface area (Å²) in [7, 11) is 0. The quantitative estimate of drug-likeness (QED) is 0.663. The smallest absolute Gasteiger partial charge is 0.261 e. The first-order chi connectivity index (χ1) is 12.2. The maximum atomic E-state index is 12.1. The Balaban J connectivity index is 1.64. The Hall–Kier alpha value is -3.13.